The van der Waals surface area contributed by atoms with Crippen LogP contribution in [-0.2, 0) is 4.74 Å². The first-order chi connectivity index (χ1) is 9.21. The van der Waals surface area contributed by atoms with E-state index in [9.17, 15) is 0 Å². The van der Waals surface area contributed by atoms with Crippen LogP contribution in [0.1, 0.15) is 63.6 Å². The maximum Gasteiger partial charge on any atom is 0.159 e. The van der Waals surface area contributed by atoms with Gasteiger partial charge in [-0.15, -0.1) is 0 Å². The molecule has 0 bridgehead atoms. The van der Waals surface area contributed by atoms with Crippen LogP contribution in [0.5, 0.6) is 0 Å². The number of nitrogens with one attached hydrogen (secondary N) is 1. The molecule has 1 atom stereocenters. The third-order valence-corrected chi connectivity index (χ3v) is 4.29. The van der Waals surface area contributed by atoms with Crippen molar-refractivity contribution < 1.29 is 4.74 Å². The van der Waals surface area contributed by atoms with Crippen molar-refractivity contribution in [1.82, 2.24) is 9.97 Å². The van der Waals surface area contributed by atoms with Gasteiger partial charge in [0.05, 0.1) is 9.26 Å². The second-order valence-corrected chi connectivity index (χ2v) is 5.87. The quantitative estimate of drug-likeness (QED) is 0.735. The number of hydrogen-bond donors (Lipinski definition) is 1. The second kappa shape index (κ2) is 6.83. The van der Waals surface area contributed by atoms with Crippen LogP contribution in [-0.4, -0.2) is 23.1 Å². The lowest BCUT2D eigenvalue weighted by Crippen LogP contribution is -2.14. The van der Waals surface area contributed by atoms with Gasteiger partial charge < -0.3 is 10.1 Å². The van der Waals surface area contributed by atoms with Gasteiger partial charge in [-0.3, -0.25) is 0 Å². The zero-order valence-electron chi connectivity index (χ0n) is 11.9. The van der Waals surface area contributed by atoms with Gasteiger partial charge in [0.25, 0.3) is 0 Å². The lowest BCUT2D eigenvalue weighted by molar-refractivity contribution is 0.0534. The fourth-order valence-corrected chi connectivity index (χ4v) is 2.99. The van der Waals surface area contributed by atoms with E-state index in [1.54, 1.807) is 0 Å². The van der Waals surface area contributed by atoms with Gasteiger partial charge in [0.1, 0.15) is 11.9 Å². The summed E-state index contributed by atoms with van der Waals surface area (Å²) in [6, 6.07) is 0. The number of anilines is 1. The summed E-state index contributed by atoms with van der Waals surface area (Å²) in [5.41, 5.74) is 1.21. The molecule has 5 heteroatoms. The molecule has 1 aromatic heterocycles. The Morgan fingerprint density at radius 2 is 2.05 bits per heavy atom. The first-order valence-electron chi connectivity index (χ1n) is 7.13. The highest BCUT2D eigenvalue weighted by Gasteiger charge is 2.30. The number of halogens is 1. The molecule has 0 radical (unpaired) electrons. The van der Waals surface area contributed by atoms with E-state index in [1.165, 1.54) is 22.1 Å². The summed E-state index contributed by atoms with van der Waals surface area (Å²) in [5, 5.41) is 3.35. The van der Waals surface area contributed by atoms with Crippen LogP contribution in [0.15, 0.2) is 0 Å². The van der Waals surface area contributed by atoms with Crippen LogP contribution in [0.2, 0.25) is 0 Å². The number of rotatable bonds is 7. The molecule has 0 amide bonds. The van der Waals surface area contributed by atoms with E-state index in [0.717, 1.165) is 24.6 Å². The Balaban J connectivity index is 2.36. The van der Waals surface area contributed by atoms with Gasteiger partial charge in [-0.2, -0.15) is 0 Å². The molecule has 1 aliphatic carbocycles. The van der Waals surface area contributed by atoms with Gasteiger partial charge in [0, 0.05) is 19.1 Å². The molecule has 0 aliphatic heterocycles. The Morgan fingerprint density at radius 3 is 2.58 bits per heavy atom. The van der Waals surface area contributed by atoms with E-state index in [4.69, 9.17) is 9.72 Å². The van der Waals surface area contributed by atoms with E-state index in [-0.39, 0.29) is 6.10 Å². The predicted molar refractivity (Wildman–Crippen MR) is 85.5 cm³/mol. The summed E-state index contributed by atoms with van der Waals surface area (Å²) in [4.78, 5) is 9.45. The molecule has 0 spiro atoms. The van der Waals surface area contributed by atoms with E-state index < -0.39 is 0 Å². The molecule has 1 N–H and O–H groups in total. The lowest BCUT2D eigenvalue weighted by atomic mass is 10.2. The minimum atomic E-state index is 0.0110. The van der Waals surface area contributed by atoms with Crippen LogP contribution in [0.4, 0.5) is 5.82 Å². The maximum absolute atomic E-state index is 5.75. The highest BCUT2D eigenvalue weighted by atomic mass is 127. The molecule has 1 aromatic rings. The van der Waals surface area contributed by atoms with Crippen LogP contribution in [0.25, 0.3) is 0 Å². The lowest BCUT2D eigenvalue weighted by Gasteiger charge is -2.17. The summed E-state index contributed by atoms with van der Waals surface area (Å²) in [6.45, 7) is 7.80. The Labute approximate surface area is 128 Å². The highest BCUT2D eigenvalue weighted by molar-refractivity contribution is 14.1. The van der Waals surface area contributed by atoms with Gasteiger partial charge in [-0.1, -0.05) is 6.92 Å². The molecule has 0 saturated heterocycles. The zero-order chi connectivity index (χ0) is 13.8. The first-order valence-corrected chi connectivity index (χ1v) is 8.21. The minimum Gasteiger partial charge on any atom is -0.371 e. The largest absolute Gasteiger partial charge is 0.371 e. The van der Waals surface area contributed by atoms with Crippen molar-refractivity contribution >= 4 is 28.4 Å². The van der Waals surface area contributed by atoms with E-state index in [2.05, 4.69) is 46.7 Å². The Morgan fingerprint density at radius 1 is 1.32 bits per heavy atom. The Hall–Kier alpha value is -0.430. The third kappa shape index (κ3) is 3.56. The smallest absolute Gasteiger partial charge is 0.159 e. The summed E-state index contributed by atoms with van der Waals surface area (Å²) in [7, 11) is 0. The Bertz CT molecular complexity index is 435. The van der Waals surface area contributed by atoms with Crippen molar-refractivity contribution in [3.8, 4) is 0 Å². The summed E-state index contributed by atoms with van der Waals surface area (Å²) >= 11 is 2.36. The molecular formula is C14H22IN3O. The van der Waals surface area contributed by atoms with Gasteiger partial charge in [0.2, 0.25) is 0 Å². The molecule has 1 heterocycles. The Kier molecular flexibility index (Phi) is 5.38. The fourth-order valence-electron chi connectivity index (χ4n) is 2.11. The molecule has 19 heavy (non-hydrogen) atoms. The van der Waals surface area contributed by atoms with Crippen LogP contribution >= 0.6 is 22.6 Å². The fraction of sp³-hybridized carbons (Fsp3) is 0.714. The highest BCUT2D eigenvalue weighted by Crippen LogP contribution is 2.42. The molecular weight excluding hydrogens is 353 g/mol. The van der Waals surface area contributed by atoms with E-state index in [1.807, 2.05) is 6.92 Å². The van der Waals surface area contributed by atoms with Gasteiger partial charge in [-0.05, 0) is 55.7 Å². The SMILES string of the molecule is CCNc1nc(C(CC)OCC)nc(C2CC2)c1I. The maximum atomic E-state index is 5.75. The van der Waals surface area contributed by atoms with E-state index >= 15 is 0 Å². The number of aromatic nitrogens is 2. The van der Waals surface area contributed by atoms with Crippen molar-refractivity contribution in [2.75, 3.05) is 18.5 Å². The topological polar surface area (TPSA) is 47.0 Å². The van der Waals surface area contributed by atoms with Crippen molar-refractivity contribution in [3.63, 3.8) is 0 Å². The van der Waals surface area contributed by atoms with Crippen LogP contribution < -0.4 is 5.32 Å². The summed E-state index contributed by atoms with van der Waals surface area (Å²) in [6.07, 6.45) is 3.42. The van der Waals surface area contributed by atoms with Crippen molar-refractivity contribution in [3.05, 3.63) is 15.1 Å². The number of nitrogens with zero attached hydrogens (tertiary/aromatic N) is 2. The minimum absolute atomic E-state index is 0.0110. The van der Waals surface area contributed by atoms with Crippen LogP contribution in [0.3, 0.4) is 0 Å². The van der Waals surface area contributed by atoms with E-state index in [0.29, 0.717) is 12.5 Å². The number of ether oxygens (including phenoxy) is 1. The molecule has 4 nitrogen and oxygen atoms in total. The molecule has 2 rings (SSSR count). The van der Waals surface area contributed by atoms with Gasteiger partial charge in [0.15, 0.2) is 5.82 Å². The molecule has 1 fully saturated rings. The third-order valence-electron chi connectivity index (χ3n) is 3.23. The average Bonchev–Trinajstić information content (AvgIpc) is 3.23. The zero-order valence-corrected chi connectivity index (χ0v) is 14.0. The van der Waals surface area contributed by atoms with Crippen molar-refractivity contribution in [2.45, 2.75) is 52.1 Å². The van der Waals surface area contributed by atoms with Crippen molar-refractivity contribution in [1.29, 1.82) is 0 Å². The summed E-state index contributed by atoms with van der Waals surface area (Å²) < 4.78 is 6.93. The van der Waals surface area contributed by atoms with Crippen molar-refractivity contribution in [2.24, 2.45) is 0 Å². The monoisotopic (exact) mass is 375 g/mol. The van der Waals surface area contributed by atoms with Crippen LogP contribution in [0, 0.1) is 3.57 Å². The standard InChI is InChI=1S/C14H22IN3O/c1-4-10(19-6-3)13-17-12(9-7-8-9)11(15)14(18-13)16-5-2/h9-10H,4-8H2,1-3H3,(H,16,17,18). The molecule has 1 unspecified atom stereocenters. The summed E-state index contributed by atoms with van der Waals surface area (Å²) in [5.74, 6) is 2.43. The second-order valence-electron chi connectivity index (χ2n) is 4.79. The predicted octanol–water partition coefficient (Wildman–Crippen LogP) is 3.88. The normalized spacial score (nSPS) is 16.4. The average molecular weight is 375 g/mol. The molecule has 106 valence electrons. The molecule has 1 saturated carbocycles. The van der Waals surface area contributed by atoms with Gasteiger partial charge in [-0.25, -0.2) is 9.97 Å². The van der Waals surface area contributed by atoms with Gasteiger partial charge >= 0.3 is 0 Å². The number of hydrogen-bond acceptors (Lipinski definition) is 4. The molecule has 0 aromatic carbocycles. The first kappa shape index (κ1) is 15.0. The molecule has 1 aliphatic rings.